The predicted octanol–water partition coefficient (Wildman–Crippen LogP) is 4.66. The van der Waals surface area contributed by atoms with Crippen molar-refractivity contribution in [3.05, 3.63) is 54.6 Å². The average molecular weight is 310 g/mol. The maximum absolute atomic E-state index is 5.99. The number of rotatable bonds is 5. The van der Waals surface area contributed by atoms with Gasteiger partial charge in [0.1, 0.15) is 5.75 Å². The van der Waals surface area contributed by atoms with E-state index in [4.69, 9.17) is 18.9 Å². The molecule has 0 spiro atoms. The van der Waals surface area contributed by atoms with Gasteiger partial charge in [-0.3, -0.25) is 0 Å². The second-order valence-corrected chi connectivity index (χ2v) is 4.97. The predicted molar refractivity (Wildman–Crippen MR) is 90.1 cm³/mol. The lowest BCUT2D eigenvalue weighted by Gasteiger charge is -2.15. The summed E-state index contributed by atoms with van der Waals surface area (Å²) < 4.78 is 22.0. The molecule has 0 saturated carbocycles. The fraction of sp³-hybridized carbons (Fsp3) is 0.158. The van der Waals surface area contributed by atoms with Crippen LogP contribution in [0.3, 0.4) is 0 Å². The highest BCUT2D eigenvalue weighted by Gasteiger charge is 2.13. The number of hydrogen-bond donors (Lipinski definition) is 0. The Morgan fingerprint density at radius 3 is 1.78 bits per heavy atom. The molecule has 0 fully saturated rings. The maximum Gasteiger partial charge on any atom is 0.173 e. The second-order valence-electron chi connectivity index (χ2n) is 4.97. The zero-order chi connectivity index (χ0) is 16.2. The highest BCUT2D eigenvalue weighted by atomic mass is 16.5. The average Bonchev–Trinajstić information content (AvgIpc) is 2.61. The minimum atomic E-state index is 0.570. The fourth-order valence-electron chi connectivity index (χ4n) is 2.44. The summed E-state index contributed by atoms with van der Waals surface area (Å²) in [4.78, 5) is 0. The van der Waals surface area contributed by atoms with Crippen LogP contribution in [0.5, 0.6) is 28.7 Å². The summed E-state index contributed by atoms with van der Waals surface area (Å²) in [6.45, 7) is 0. The van der Waals surface area contributed by atoms with Crippen LogP contribution in [0.4, 0.5) is 0 Å². The summed E-state index contributed by atoms with van der Waals surface area (Å²) in [6, 6.07) is 17.6. The first-order chi connectivity index (χ1) is 11.2. The third-order valence-corrected chi connectivity index (χ3v) is 3.62. The standard InChI is InChI=1S/C19H18O4/c1-20-16-11-18(22-3)19(12-17(16)21-2)23-15-9-8-13-6-4-5-7-14(13)10-15/h4-12H,1-3H3. The highest BCUT2D eigenvalue weighted by molar-refractivity contribution is 5.83. The lowest BCUT2D eigenvalue weighted by atomic mass is 10.1. The van der Waals surface area contributed by atoms with Gasteiger partial charge in [-0.25, -0.2) is 0 Å². The van der Waals surface area contributed by atoms with Crippen LogP contribution in [0.2, 0.25) is 0 Å². The van der Waals surface area contributed by atoms with Crippen molar-refractivity contribution in [1.29, 1.82) is 0 Å². The Morgan fingerprint density at radius 2 is 1.13 bits per heavy atom. The molecule has 4 heteroatoms. The van der Waals surface area contributed by atoms with Crippen LogP contribution in [0.25, 0.3) is 10.8 Å². The Labute approximate surface area is 135 Å². The van der Waals surface area contributed by atoms with E-state index in [1.54, 1.807) is 33.5 Å². The van der Waals surface area contributed by atoms with Gasteiger partial charge >= 0.3 is 0 Å². The molecule has 0 aliphatic heterocycles. The second kappa shape index (κ2) is 6.48. The molecule has 3 aromatic carbocycles. The SMILES string of the molecule is COc1cc(OC)c(Oc2ccc3ccccc3c2)cc1OC. The van der Waals surface area contributed by atoms with E-state index < -0.39 is 0 Å². The molecule has 0 amide bonds. The molecule has 0 aliphatic rings. The molecule has 0 saturated heterocycles. The number of ether oxygens (including phenoxy) is 4. The van der Waals surface area contributed by atoms with Crippen molar-refractivity contribution in [2.75, 3.05) is 21.3 Å². The van der Waals surface area contributed by atoms with Crippen LogP contribution in [-0.2, 0) is 0 Å². The smallest absolute Gasteiger partial charge is 0.173 e. The molecule has 118 valence electrons. The van der Waals surface area contributed by atoms with Crippen molar-refractivity contribution < 1.29 is 18.9 Å². The lowest BCUT2D eigenvalue weighted by molar-refractivity contribution is 0.339. The van der Waals surface area contributed by atoms with Crippen molar-refractivity contribution in [2.24, 2.45) is 0 Å². The molecule has 0 bridgehead atoms. The number of hydrogen-bond acceptors (Lipinski definition) is 4. The van der Waals surface area contributed by atoms with Crippen molar-refractivity contribution in [3.63, 3.8) is 0 Å². The van der Waals surface area contributed by atoms with Gasteiger partial charge in [-0.1, -0.05) is 30.3 Å². The Balaban J connectivity index is 1.99. The monoisotopic (exact) mass is 310 g/mol. The van der Waals surface area contributed by atoms with E-state index in [1.807, 2.05) is 36.4 Å². The molecule has 4 nitrogen and oxygen atoms in total. The number of benzene rings is 3. The van der Waals surface area contributed by atoms with Gasteiger partial charge in [0.2, 0.25) is 0 Å². The summed E-state index contributed by atoms with van der Waals surface area (Å²) in [6.07, 6.45) is 0. The van der Waals surface area contributed by atoms with Crippen LogP contribution in [0, 0.1) is 0 Å². The molecule has 23 heavy (non-hydrogen) atoms. The minimum absolute atomic E-state index is 0.570. The van der Waals surface area contributed by atoms with Gasteiger partial charge < -0.3 is 18.9 Å². The van der Waals surface area contributed by atoms with E-state index in [0.717, 1.165) is 11.1 Å². The highest BCUT2D eigenvalue weighted by Crippen LogP contribution is 2.41. The molecule has 0 heterocycles. The third kappa shape index (κ3) is 3.01. The van der Waals surface area contributed by atoms with Gasteiger partial charge in [0, 0.05) is 12.1 Å². The zero-order valence-corrected chi connectivity index (χ0v) is 13.3. The number of fused-ring (bicyclic) bond motifs is 1. The molecule has 0 aliphatic carbocycles. The van der Waals surface area contributed by atoms with E-state index in [9.17, 15) is 0 Å². The fourth-order valence-corrected chi connectivity index (χ4v) is 2.44. The largest absolute Gasteiger partial charge is 0.493 e. The minimum Gasteiger partial charge on any atom is -0.493 e. The van der Waals surface area contributed by atoms with E-state index in [-0.39, 0.29) is 0 Å². The Morgan fingerprint density at radius 1 is 0.565 bits per heavy atom. The molecule has 3 aromatic rings. The van der Waals surface area contributed by atoms with Crippen molar-refractivity contribution in [3.8, 4) is 28.7 Å². The van der Waals surface area contributed by atoms with Crippen LogP contribution < -0.4 is 18.9 Å². The Bertz CT molecular complexity index is 827. The lowest BCUT2D eigenvalue weighted by Crippen LogP contribution is -1.95. The van der Waals surface area contributed by atoms with E-state index in [0.29, 0.717) is 23.0 Å². The van der Waals surface area contributed by atoms with Crippen molar-refractivity contribution in [2.45, 2.75) is 0 Å². The summed E-state index contributed by atoms with van der Waals surface area (Å²) in [5, 5.41) is 2.28. The molecule has 0 N–H and O–H groups in total. The van der Waals surface area contributed by atoms with Crippen molar-refractivity contribution >= 4 is 10.8 Å². The Kier molecular flexibility index (Phi) is 4.24. The third-order valence-electron chi connectivity index (χ3n) is 3.62. The van der Waals surface area contributed by atoms with Gasteiger partial charge in [-0.15, -0.1) is 0 Å². The van der Waals surface area contributed by atoms with E-state index in [2.05, 4.69) is 6.07 Å². The summed E-state index contributed by atoms with van der Waals surface area (Å²) in [7, 11) is 4.76. The van der Waals surface area contributed by atoms with Gasteiger partial charge in [0.05, 0.1) is 21.3 Å². The van der Waals surface area contributed by atoms with Crippen LogP contribution in [0.1, 0.15) is 0 Å². The maximum atomic E-state index is 5.99. The van der Waals surface area contributed by atoms with Gasteiger partial charge in [-0.05, 0) is 22.9 Å². The van der Waals surface area contributed by atoms with Crippen molar-refractivity contribution in [1.82, 2.24) is 0 Å². The molecule has 0 unspecified atom stereocenters. The van der Waals surface area contributed by atoms with Crippen LogP contribution >= 0.6 is 0 Å². The quantitative estimate of drug-likeness (QED) is 0.687. The summed E-state index contributed by atoms with van der Waals surface area (Å²) >= 11 is 0. The van der Waals surface area contributed by atoms with Gasteiger partial charge in [0.15, 0.2) is 23.0 Å². The summed E-state index contributed by atoms with van der Waals surface area (Å²) in [5.41, 5.74) is 0. The zero-order valence-electron chi connectivity index (χ0n) is 13.3. The molecule has 0 atom stereocenters. The first-order valence-electron chi connectivity index (χ1n) is 7.22. The van der Waals surface area contributed by atoms with Crippen LogP contribution in [-0.4, -0.2) is 21.3 Å². The van der Waals surface area contributed by atoms with Gasteiger partial charge in [-0.2, -0.15) is 0 Å². The number of methoxy groups -OCH3 is 3. The topological polar surface area (TPSA) is 36.9 Å². The first-order valence-corrected chi connectivity index (χ1v) is 7.22. The molecular weight excluding hydrogens is 292 g/mol. The Hall–Kier alpha value is -2.88. The molecule has 0 radical (unpaired) electrons. The molecule has 3 rings (SSSR count). The molecule has 0 aromatic heterocycles. The first kappa shape index (κ1) is 15.0. The summed E-state index contributed by atoms with van der Waals surface area (Å²) in [5.74, 6) is 3.06. The van der Waals surface area contributed by atoms with Gasteiger partial charge in [0.25, 0.3) is 0 Å². The van der Waals surface area contributed by atoms with Crippen LogP contribution in [0.15, 0.2) is 54.6 Å². The normalized spacial score (nSPS) is 10.4. The molecular formula is C19H18O4. The van der Waals surface area contributed by atoms with E-state index >= 15 is 0 Å². The van der Waals surface area contributed by atoms with E-state index in [1.165, 1.54) is 5.39 Å².